The van der Waals surface area contributed by atoms with E-state index in [0.717, 1.165) is 25.1 Å². The predicted molar refractivity (Wildman–Crippen MR) is 65.3 cm³/mol. The van der Waals surface area contributed by atoms with Crippen LogP contribution in [0.3, 0.4) is 0 Å². The molecule has 1 aromatic carbocycles. The molecule has 0 aromatic heterocycles. The van der Waals surface area contributed by atoms with Gasteiger partial charge in [0.2, 0.25) is 0 Å². The quantitative estimate of drug-likeness (QED) is 0.824. The summed E-state index contributed by atoms with van der Waals surface area (Å²) in [4.78, 5) is 2.17. The zero-order chi connectivity index (χ0) is 12.3. The number of halogens is 1. The number of β-amino-alcohol motifs (C(OH)–C–C–N with tert-alkyl or cyclic N) is 1. The molecule has 2 unspecified atom stereocenters. The molecule has 0 radical (unpaired) electrons. The SMILES string of the molecule is NC1CC(c2ccc(F)cc2)CN(CCO)C1. The van der Waals surface area contributed by atoms with E-state index in [0.29, 0.717) is 12.5 Å². The van der Waals surface area contributed by atoms with Gasteiger partial charge in [0.1, 0.15) is 5.82 Å². The lowest BCUT2D eigenvalue weighted by atomic mass is 9.88. The van der Waals surface area contributed by atoms with E-state index in [4.69, 9.17) is 10.8 Å². The van der Waals surface area contributed by atoms with Crippen molar-refractivity contribution in [3.05, 3.63) is 35.6 Å². The number of aliphatic hydroxyl groups excluding tert-OH is 1. The topological polar surface area (TPSA) is 49.5 Å². The maximum absolute atomic E-state index is 12.9. The van der Waals surface area contributed by atoms with Gasteiger partial charge < -0.3 is 10.8 Å². The smallest absolute Gasteiger partial charge is 0.123 e. The lowest BCUT2D eigenvalue weighted by molar-refractivity contribution is 0.149. The molecule has 94 valence electrons. The van der Waals surface area contributed by atoms with Crippen molar-refractivity contribution in [2.45, 2.75) is 18.4 Å². The van der Waals surface area contributed by atoms with Crippen molar-refractivity contribution in [2.75, 3.05) is 26.2 Å². The zero-order valence-electron chi connectivity index (χ0n) is 9.85. The number of aliphatic hydroxyl groups is 1. The van der Waals surface area contributed by atoms with E-state index in [9.17, 15) is 4.39 Å². The maximum atomic E-state index is 12.9. The molecule has 1 heterocycles. The van der Waals surface area contributed by atoms with Crippen LogP contribution in [0.5, 0.6) is 0 Å². The fourth-order valence-electron chi connectivity index (χ4n) is 2.53. The minimum absolute atomic E-state index is 0.130. The van der Waals surface area contributed by atoms with Gasteiger partial charge in [-0.2, -0.15) is 0 Å². The summed E-state index contributed by atoms with van der Waals surface area (Å²) >= 11 is 0. The van der Waals surface area contributed by atoms with Crippen LogP contribution in [-0.4, -0.2) is 42.3 Å². The molecule has 2 atom stereocenters. The average Bonchev–Trinajstić information content (AvgIpc) is 2.29. The van der Waals surface area contributed by atoms with Gasteiger partial charge in [0.15, 0.2) is 0 Å². The van der Waals surface area contributed by atoms with Crippen LogP contribution in [-0.2, 0) is 0 Å². The normalized spacial score (nSPS) is 26.1. The third kappa shape index (κ3) is 3.25. The molecule has 2 rings (SSSR count). The summed E-state index contributed by atoms with van der Waals surface area (Å²) in [5, 5.41) is 8.97. The third-order valence-corrected chi connectivity index (χ3v) is 3.32. The van der Waals surface area contributed by atoms with Crippen molar-refractivity contribution in [3.63, 3.8) is 0 Å². The Kier molecular flexibility index (Phi) is 4.10. The van der Waals surface area contributed by atoms with E-state index in [1.165, 1.54) is 12.1 Å². The highest BCUT2D eigenvalue weighted by Crippen LogP contribution is 2.26. The molecular formula is C13H19FN2O. The van der Waals surface area contributed by atoms with Gasteiger partial charge in [0.05, 0.1) is 6.61 Å². The lowest BCUT2D eigenvalue weighted by Gasteiger charge is -2.36. The summed E-state index contributed by atoms with van der Waals surface area (Å²) in [5.41, 5.74) is 7.14. The van der Waals surface area contributed by atoms with Gasteiger partial charge in [-0.25, -0.2) is 4.39 Å². The van der Waals surface area contributed by atoms with Crippen molar-refractivity contribution in [1.29, 1.82) is 0 Å². The first kappa shape index (κ1) is 12.5. The van der Waals surface area contributed by atoms with E-state index in [-0.39, 0.29) is 18.5 Å². The first-order chi connectivity index (χ1) is 8.19. The molecule has 4 heteroatoms. The molecule has 0 bridgehead atoms. The second-order valence-electron chi connectivity index (χ2n) is 4.73. The Balaban J connectivity index is 2.06. The molecule has 1 fully saturated rings. The van der Waals surface area contributed by atoms with Gasteiger partial charge in [0, 0.05) is 25.7 Å². The molecule has 1 aliphatic rings. The van der Waals surface area contributed by atoms with Crippen LogP contribution in [0.2, 0.25) is 0 Å². The number of hydrogen-bond donors (Lipinski definition) is 2. The van der Waals surface area contributed by atoms with Crippen molar-refractivity contribution in [2.24, 2.45) is 5.73 Å². The number of nitrogens with zero attached hydrogens (tertiary/aromatic N) is 1. The van der Waals surface area contributed by atoms with Gasteiger partial charge in [-0.3, -0.25) is 4.90 Å². The molecule has 0 saturated carbocycles. The maximum Gasteiger partial charge on any atom is 0.123 e. The van der Waals surface area contributed by atoms with Gasteiger partial charge in [0.25, 0.3) is 0 Å². The van der Waals surface area contributed by atoms with Gasteiger partial charge in [-0.05, 0) is 30.0 Å². The van der Waals surface area contributed by atoms with Gasteiger partial charge >= 0.3 is 0 Å². The Morgan fingerprint density at radius 2 is 2.00 bits per heavy atom. The fourth-order valence-corrected chi connectivity index (χ4v) is 2.53. The summed E-state index contributed by atoms with van der Waals surface area (Å²) in [7, 11) is 0. The molecule has 0 amide bonds. The summed E-state index contributed by atoms with van der Waals surface area (Å²) in [6.07, 6.45) is 0.924. The Bertz CT molecular complexity index is 355. The molecule has 0 spiro atoms. The highest BCUT2D eigenvalue weighted by Gasteiger charge is 2.25. The van der Waals surface area contributed by atoms with Crippen LogP contribution < -0.4 is 5.73 Å². The number of hydrogen-bond acceptors (Lipinski definition) is 3. The number of piperidine rings is 1. The van der Waals surface area contributed by atoms with E-state index in [1.807, 2.05) is 12.1 Å². The molecule has 3 nitrogen and oxygen atoms in total. The Hall–Kier alpha value is -0.970. The third-order valence-electron chi connectivity index (χ3n) is 3.32. The molecule has 1 saturated heterocycles. The molecule has 0 aliphatic carbocycles. The van der Waals surface area contributed by atoms with E-state index >= 15 is 0 Å². The lowest BCUT2D eigenvalue weighted by Crippen LogP contribution is -2.47. The number of nitrogens with two attached hydrogens (primary N) is 1. The van der Waals surface area contributed by atoms with Crippen molar-refractivity contribution < 1.29 is 9.50 Å². The standard InChI is InChI=1S/C13H19FN2O/c14-12-3-1-10(2-4-12)11-7-13(15)9-16(8-11)5-6-17/h1-4,11,13,17H,5-9,15H2. The van der Waals surface area contributed by atoms with E-state index in [1.54, 1.807) is 0 Å². The van der Waals surface area contributed by atoms with Crippen LogP contribution in [0, 0.1) is 5.82 Å². The first-order valence-electron chi connectivity index (χ1n) is 6.03. The van der Waals surface area contributed by atoms with Gasteiger partial charge in [-0.1, -0.05) is 12.1 Å². The molecule has 1 aliphatic heterocycles. The number of benzene rings is 1. The van der Waals surface area contributed by atoms with Crippen LogP contribution in [0.15, 0.2) is 24.3 Å². The highest BCUT2D eigenvalue weighted by molar-refractivity contribution is 5.21. The number of likely N-dealkylation sites (tertiary alicyclic amines) is 1. The summed E-state index contributed by atoms with van der Waals surface area (Å²) in [6, 6.07) is 6.77. The predicted octanol–water partition coefficient (Wildman–Crippen LogP) is 0.935. The monoisotopic (exact) mass is 238 g/mol. The summed E-state index contributed by atoms with van der Waals surface area (Å²) in [6.45, 7) is 2.53. The zero-order valence-corrected chi connectivity index (χ0v) is 9.85. The highest BCUT2D eigenvalue weighted by atomic mass is 19.1. The Labute approximate surface area is 101 Å². The van der Waals surface area contributed by atoms with Crippen LogP contribution in [0.1, 0.15) is 17.9 Å². The van der Waals surface area contributed by atoms with Crippen molar-refractivity contribution in [1.82, 2.24) is 4.90 Å². The Morgan fingerprint density at radius 3 is 2.65 bits per heavy atom. The first-order valence-corrected chi connectivity index (χ1v) is 6.03. The van der Waals surface area contributed by atoms with Gasteiger partial charge in [-0.15, -0.1) is 0 Å². The average molecular weight is 238 g/mol. The Morgan fingerprint density at radius 1 is 1.29 bits per heavy atom. The van der Waals surface area contributed by atoms with Crippen molar-refractivity contribution in [3.8, 4) is 0 Å². The van der Waals surface area contributed by atoms with E-state index in [2.05, 4.69) is 4.90 Å². The van der Waals surface area contributed by atoms with Crippen molar-refractivity contribution >= 4 is 0 Å². The molecule has 3 N–H and O–H groups in total. The van der Waals surface area contributed by atoms with Crippen LogP contribution >= 0.6 is 0 Å². The van der Waals surface area contributed by atoms with Crippen LogP contribution in [0.4, 0.5) is 4.39 Å². The largest absolute Gasteiger partial charge is 0.395 e. The summed E-state index contributed by atoms with van der Waals surface area (Å²) < 4.78 is 12.9. The molecule has 17 heavy (non-hydrogen) atoms. The number of rotatable bonds is 3. The minimum Gasteiger partial charge on any atom is -0.395 e. The molecular weight excluding hydrogens is 219 g/mol. The van der Waals surface area contributed by atoms with Crippen LogP contribution in [0.25, 0.3) is 0 Å². The minimum atomic E-state index is -0.207. The molecule has 1 aromatic rings. The summed E-state index contributed by atoms with van der Waals surface area (Å²) in [5.74, 6) is 0.131. The fraction of sp³-hybridized carbons (Fsp3) is 0.538. The second-order valence-corrected chi connectivity index (χ2v) is 4.73. The van der Waals surface area contributed by atoms with E-state index < -0.39 is 0 Å². The second kappa shape index (κ2) is 5.58.